The number of ether oxygens (including phenoxy) is 1. The van der Waals surface area contributed by atoms with Crippen molar-refractivity contribution in [2.24, 2.45) is 5.41 Å². The maximum absolute atomic E-state index is 11.8. The van der Waals surface area contributed by atoms with Gasteiger partial charge in [-0.25, -0.2) is 0 Å². The fourth-order valence-electron chi connectivity index (χ4n) is 1.49. The second kappa shape index (κ2) is 7.51. The number of hydrogen-bond acceptors (Lipinski definition) is 4. The van der Waals surface area contributed by atoms with E-state index in [0.29, 0.717) is 13.2 Å². The van der Waals surface area contributed by atoms with Crippen LogP contribution in [0.5, 0.6) is 0 Å². The standard InChI is InChI=1S/C15H21N3O2/c1-15(2,11-16)14(19)18-10-12-4-6-13(7-5-12)17-8-9-20-3/h4-7,17H,8-10H2,1-3H3,(H,18,19). The van der Waals surface area contributed by atoms with Gasteiger partial charge in [-0.3, -0.25) is 4.79 Å². The molecule has 0 saturated carbocycles. The number of carbonyl (C=O) groups is 1. The van der Waals surface area contributed by atoms with Gasteiger partial charge < -0.3 is 15.4 Å². The van der Waals surface area contributed by atoms with Crippen LogP contribution < -0.4 is 10.6 Å². The quantitative estimate of drug-likeness (QED) is 0.745. The van der Waals surface area contributed by atoms with E-state index in [1.54, 1.807) is 21.0 Å². The monoisotopic (exact) mass is 275 g/mol. The predicted molar refractivity (Wildman–Crippen MR) is 78.0 cm³/mol. The molecule has 0 aliphatic heterocycles. The fourth-order valence-corrected chi connectivity index (χ4v) is 1.49. The molecule has 0 aromatic heterocycles. The van der Waals surface area contributed by atoms with Crippen molar-refractivity contribution in [3.8, 4) is 6.07 Å². The Morgan fingerprint density at radius 1 is 1.35 bits per heavy atom. The van der Waals surface area contributed by atoms with Crippen LogP contribution in [0, 0.1) is 16.7 Å². The lowest BCUT2D eigenvalue weighted by molar-refractivity contribution is -0.126. The molecule has 0 aliphatic rings. The van der Waals surface area contributed by atoms with Gasteiger partial charge in [0.15, 0.2) is 0 Å². The molecule has 0 bridgehead atoms. The van der Waals surface area contributed by atoms with Gasteiger partial charge in [0, 0.05) is 25.9 Å². The van der Waals surface area contributed by atoms with E-state index in [-0.39, 0.29) is 5.91 Å². The Balaban J connectivity index is 2.46. The molecule has 0 spiro atoms. The highest BCUT2D eigenvalue weighted by Gasteiger charge is 2.26. The lowest BCUT2D eigenvalue weighted by Crippen LogP contribution is -2.35. The van der Waals surface area contributed by atoms with E-state index < -0.39 is 5.41 Å². The van der Waals surface area contributed by atoms with E-state index in [4.69, 9.17) is 10.00 Å². The second-order valence-corrected chi connectivity index (χ2v) is 5.04. The molecule has 0 unspecified atom stereocenters. The van der Waals surface area contributed by atoms with E-state index in [2.05, 4.69) is 10.6 Å². The van der Waals surface area contributed by atoms with Crippen molar-refractivity contribution in [3.05, 3.63) is 29.8 Å². The molecule has 1 aromatic rings. The molecule has 0 fully saturated rings. The Hall–Kier alpha value is -2.06. The molecule has 0 aliphatic carbocycles. The summed E-state index contributed by atoms with van der Waals surface area (Å²) >= 11 is 0. The Labute approximate surface area is 119 Å². The zero-order valence-corrected chi connectivity index (χ0v) is 12.2. The highest BCUT2D eigenvalue weighted by Crippen LogP contribution is 2.14. The zero-order valence-electron chi connectivity index (χ0n) is 12.2. The minimum Gasteiger partial charge on any atom is -0.383 e. The number of anilines is 1. The van der Waals surface area contributed by atoms with E-state index in [1.165, 1.54) is 0 Å². The largest absolute Gasteiger partial charge is 0.383 e. The van der Waals surface area contributed by atoms with Gasteiger partial charge in [-0.15, -0.1) is 0 Å². The summed E-state index contributed by atoms with van der Waals surface area (Å²) in [4.78, 5) is 11.8. The third kappa shape index (κ3) is 4.90. The highest BCUT2D eigenvalue weighted by atomic mass is 16.5. The van der Waals surface area contributed by atoms with Gasteiger partial charge >= 0.3 is 0 Å². The molecule has 0 saturated heterocycles. The summed E-state index contributed by atoms with van der Waals surface area (Å²) in [7, 11) is 1.66. The smallest absolute Gasteiger partial charge is 0.240 e. The van der Waals surface area contributed by atoms with Crippen LogP contribution in [0.15, 0.2) is 24.3 Å². The first-order chi connectivity index (χ1) is 9.49. The van der Waals surface area contributed by atoms with Gasteiger partial charge in [0.25, 0.3) is 0 Å². The van der Waals surface area contributed by atoms with Crippen molar-refractivity contribution in [2.75, 3.05) is 25.6 Å². The van der Waals surface area contributed by atoms with Gasteiger partial charge in [0.2, 0.25) is 5.91 Å². The third-order valence-electron chi connectivity index (χ3n) is 2.89. The van der Waals surface area contributed by atoms with Crippen molar-refractivity contribution in [3.63, 3.8) is 0 Å². The lowest BCUT2D eigenvalue weighted by atomic mass is 9.95. The van der Waals surface area contributed by atoms with Crippen LogP contribution in [-0.2, 0) is 16.1 Å². The number of nitrogens with one attached hydrogen (secondary N) is 2. The van der Waals surface area contributed by atoms with Gasteiger partial charge in [0.1, 0.15) is 5.41 Å². The van der Waals surface area contributed by atoms with Crippen LogP contribution in [0.2, 0.25) is 0 Å². The first-order valence-electron chi connectivity index (χ1n) is 6.51. The molecule has 2 N–H and O–H groups in total. The van der Waals surface area contributed by atoms with Crippen LogP contribution in [0.1, 0.15) is 19.4 Å². The summed E-state index contributed by atoms with van der Waals surface area (Å²) in [5.41, 5.74) is 1.00. The van der Waals surface area contributed by atoms with E-state index in [0.717, 1.165) is 17.8 Å². The molecule has 0 radical (unpaired) electrons. The van der Waals surface area contributed by atoms with E-state index >= 15 is 0 Å². The van der Waals surface area contributed by atoms with Crippen molar-refractivity contribution < 1.29 is 9.53 Å². The molecular formula is C15H21N3O2. The summed E-state index contributed by atoms with van der Waals surface area (Å²) in [5, 5.41) is 14.8. The summed E-state index contributed by atoms with van der Waals surface area (Å²) in [6.07, 6.45) is 0. The third-order valence-corrected chi connectivity index (χ3v) is 2.89. The first kappa shape index (κ1) is 16.0. The maximum Gasteiger partial charge on any atom is 0.240 e. The normalized spacial score (nSPS) is 10.7. The number of carbonyl (C=O) groups excluding carboxylic acids is 1. The van der Waals surface area contributed by atoms with Gasteiger partial charge in [-0.1, -0.05) is 12.1 Å². The van der Waals surface area contributed by atoms with Crippen LogP contribution in [0.4, 0.5) is 5.69 Å². The predicted octanol–water partition coefficient (Wildman–Crippen LogP) is 1.91. The molecule has 5 nitrogen and oxygen atoms in total. The second-order valence-electron chi connectivity index (χ2n) is 5.04. The van der Waals surface area contributed by atoms with Gasteiger partial charge in [0.05, 0.1) is 12.7 Å². The Bertz CT molecular complexity index is 475. The summed E-state index contributed by atoms with van der Waals surface area (Å²) in [6, 6.07) is 9.76. The molecule has 1 amide bonds. The van der Waals surface area contributed by atoms with Gasteiger partial charge in [-0.05, 0) is 31.5 Å². The molecular weight excluding hydrogens is 254 g/mol. The average Bonchev–Trinajstić information content (AvgIpc) is 2.46. The Kier molecular flexibility index (Phi) is 6.01. The molecule has 1 aromatic carbocycles. The Morgan fingerprint density at radius 2 is 2.00 bits per heavy atom. The number of methoxy groups -OCH3 is 1. The summed E-state index contributed by atoms with van der Waals surface area (Å²) in [6.45, 7) is 5.03. The van der Waals surface area contributed by atoms with Crippen molar-refractivity contribution in [2.45, 2.75) is 20.4 Å². The first-order valence-corrected chi connectivity index (χ1v) is 6.51. The fraction of sp³-hybridized carbons (Fsp3) is 0.467. The number of nitrogens with zero attached hydrogens (tertiary/aromatic N) is 1. The van der Waals surface area contributed by atoms with Crippen molar-refractivity contribution in [1.82, 2.24) is 5.32 Å². The molecule has 0 atom stereocenters. The van der Waals surface area contributed by atoms with Crippen LogP contribution >= 0.6 is 0 Å². The van der Waals surface area contributed by atoms with E-state index in [9.17, 15) is 4.79 Å². The molecule has 0 heterocycles. The summed E-state index contributed by atoms with van der Waals surface area (Å²) < 4.78 is 4.96. The van der Waals surface area contributed by atoms with Crippen LogP contribution in [0.25, 0.3) is 0 Å². The van der Waals surface area contributed by atoms with Crippen molar-refractivity contribution in [1.29, 1.82) is 5.26 Å². The number of nitriles is 1. The van der Waals surface area contributed by atoms with E-state index in [1.807, 2.05) is 30.3 Å². The topological polar surface area (TPSA) is 74.2 Å². The average molecular weight is 275 g/mol. The summed E-state index contributed by atoms with van der Waals surface area (Å²) in [5.74, 6) is -0.262. The molecule has 1 rings (SSSR count). The van der Waals surface area contributed by atoms with Crippen LogP contribution in [-0.4, -0.2) is 26.2 Å². The zero-order chi connectivity index (χ0) is 15.0. The molecule has 20 heavy (non-hydrogen) atoms. The SMILES string of the molecule is COCCNc1ccc(CNC(=O)C(C)(C)C#N)cc1. The van der Waals surface area contributed by atoms with Gasteiger partial charge in [-0.2, -0.15) is 5.26 Å². The Morgan fingerprint density at radius 3 is 2.55 bits per heavy atom. The van der Waals surface area contributed by atoms with Crippen molar-refractivity contribution >= 4 is 11.6 Å². The lowest BCUT2D eigenvalue weighted by Gasteiger charge is -2.15. The van der Waals surface area contributed by atoms with Crippen LogP contribution in [0.3, 0.4) is 0 Å². The number of hydrogen-bond donors (Lipinski definition) is 2. The highest BCUT2D eigenvalue weighted by molar-refractivity contribution is 5.84. The maximum atomic E-state index is 11.8. The number of benzene rings is 1. The number of rotatable bonds is 7. The number of amides is 1. The minimum absolute atomic E-state index is 0.262. The minimum atomic E-state index is -0.998. The molecule has 5 heteroatoms. The molecule has 108 valence electrons.